The largest absolute Gasteiger partial charge is 0.453 e. The number of hydrogen-bond acceptors (Lipinski definition) is 3. The van der Waals surface area contributed by atoms with Crippen LogP contribution < -0.4 is 0 Å². The fourth-order valence-electron chi connectivity index (χ4n) is 0.780. The Balaban J connectivity index is 4.26. The van der Waals surface area contributed by atoms with Gasteiger partial charge in [-0.3, -0.25) is 4.90 Å². The van der Waals surface area contributed by atoms with Gasteiger partial charge in [-0.25, -0.2) is 4.79 Å². The minimum absolute atomic E-state index is 0.0360. The van der Waals surface area contributed by atoms with Gasteiger partial charge in [0.25, 0.3) is 0 Å². The van der Waals surface area contributed by atoms with E-state index in [4.69, 9.17) is 0 Å². The number of carbonyl (C=O) groups is 1. The lowest BCUT2D eigenvalue weighted by Crippen LogP contribution is -2.41. The molecule has 0 aliphatic carbocycles. The third kappa shape index (κ3) is 8.60. The van der Waals surface area contributed by atoms with Crippen molar-refractivity contribution >= 4 is 6.09 Å². The molecule has 0 heterocycles. The maximum Gasteiger partial charge on any atom is 0.411 e. The molecule has 0 aliphatic heterocycles. The predicted molar refractivity (Wildman–Crippen MR) is 42.0 cm³/mol. The topological polar surface area (TPSA) is 38.8 Å². The van der Waals surface area contributed by atoms with E-state index in [2.05, 4.69) is 9.47 Å². The Morgan fingerprint density at radius 3 is 2.00 bits per heavy atom. The van der Waals surface area contributed by atoms with Crippen molar-refractivity contribution in [1.29, 1.82) is 0 Å². The quantitative estimate of drug-likeness (QED) is 0.580. The van der Waals surface area contributed by atoms with Gasteiger partial charge in [0.15, 0.2) is 0 Å². The molecular weight excluding hydrogens is 260 g/mol. The molecule has 102 valence electrons. The highest BCUT2D eigenvalue weighted by Crippen LogP contribution is 2.18. The van der Waals surface area contributed by atoms with Crippen molar-refractivity contribution in [2.45, 2.75) is 12.4 Å². The summed E-state index contributed by atoms with van der Waals surface area (Å²) in [6, 6.07) is 0. The summed E-state index contributed by atoms with van der Waals surface area (Å²) in [5.41, 5.74) is 0. The number of hydrogen-bond donors (Lipinski definition) is 0. The second-order valence-corrected chi connectivity index (χ2v) is 2.88. The number of rotatable bonds is 4. The van der Waals surface area contributed by atoms with Crippen molar-refractivity contribution in [3.8, 4) is 0 Å². The summed E-state index contributed by atoms with van der Waals surface area (Å²) >= 11 is 0. The van der Waals surface area contributed by atoms with Gasteiger partial charge in [0.1, 0.15) is 19.9 Å². The first-order chi connectivity index (χ1) is 7.55. The van der Waals surface area contributed by atoms with E-state index in [0.29, 0.717) is 0 Å². The summed E-state index contributed by atoms with van der Waals surface area (Å²) in [4.78, 5) is 10.8. The summed E-state index contributed by atoms with van der Waals surface area (Å²) in [5, 5.41) is 0. The summed E-state index contributed by atoms with van der Waals surface area (Å²) in [5.74, 6) is 0. The number of halogens is 6. The van der Waals surface area contributed by atoms with Crippen LogP contribution in [0, 0.1) is 0 Å². The smallest absolute Gasteiger partial charge is 0.411 e. The zero-order chi connectivity index (χ0) is 13.7. The lowest BCUT2D eigenvalue weighted by Gasteiger charge is -2.22. The van der Waals surface area contributed by atoms with Gasteiger partial charge >= 0.3 is 18.4 Å². The minimum Gasteiger partial charge on any atom is -0.453 e. The van der Waals surface area contributed by atoms with Gasteiger partial charge in [0.05, 0.1) is 7.11 Å². The monoisotopic (exact) mass is 269 g/mol. The Kier molecular flexibility index (Phi) is 5.52. The summed E-state index contributed by atoms with van der Waals surface area (Å²) in [6.07, 6.45) is -10.9. The Labute approximate surface area is 92.1 Å². The highest BCUT2D eigenvalue weighted by atomic mass is 19.4. The summed E-state index contributed by atoms with van der Waals surface area (Å²) in [7, 11) is 0.801. The molecule has 0 N–H and O–H groups in total. The number of amides is 1. The Morgan fingerprint density at radius 2 is 1.65 bits per heavy atom. The maximum atomic E-state index is 11.9. The van der Waals surface area contributed by atoms with Gasteiger partial charge in [-0.1, -0.05) is 0 Å². The van der Waals surface area contributed by atoms with Crippen molar-refractivity contribution in [2.24, 2.45) is 0 Å². The minimum atomic E-state index is -4.75. The highest BCUT2D eigenvalue weighted by molar-refractivity contribution is 5.67. The van der Waals surface area contributed by atoms with Gasteiger partial charge in [-0.15, -0.1) is 0 Å². The van der Waals surface area contributed by atoms with Crippen LogP contribution in [0.1, 0.15) is 0 Å². The molecule has 0 rings (SSSR count). The average Bonchev–Trinajstić information content (AvgIpc) is 2.11. The van der Waals surface area contributed by atoms with E-state index in [1.165, 1.54) is 0 Å². The van der Waals surface area contributed by atoms with E-state index in [0.717, 1.165) is 7.11 Å². The van der Waals surface area contributed by atoms with Gasteiger partial charge in [-0.2, -0.15) is 26.3 Å². The average molecular weight is 269 g/mol. The third-order valence-electron chi connectivity index (χ3n) is 1.32. The molecule has 17 heavy (non-hydrogen) atoms. The van der Waals surface area contributed by atoms with Crippen LogP contribution in [0.5, 0.6) is 0 Å². The SMILES string of the molecule is COC(=O)N(COCC(F)(F)F)CC(F)(F)F. The number of methoxy groups -OCH3 is 1. The Hall–Kier alpha value is -1.19. The normalized spacial score (nSPS) is 12.4. The molecule has 0 aromatic carbocycles. The van der Waals surface area contributed by atoms with E-state index in [-0.39, 0.29) is 4.90 Å². The van der Waals surface area contributed by atoms with Crippen LogP contribution in [0.2, 0.25) is 0 Å². The molecule has 0 atom stereocenters. The number of ether oxygens (including phenoxy) is 2. The molecule has 0 spiro atoms. The van der Waals surface area contributed by atoms with Crippen molar-refractivity contribution in [2.75, 3.05) is 27.0 Å². The number of alkyl halides is 6. The number of nitrogens with zero attached hydrogens (tertiary/aromatic N) is 1. The molecule has 0 fully saturated rings. The molecule has 0 radical (unpaired) electrons. The zero-order valence-electron chi connectivity index (χ0n) is 8.56. The third-order valence-corrected chi connectivity index (χ3v) is 1.32. The lowest BCUT2D eigenvalue weighted by molar-refractivity contribution is -0.191. The van der Waals surface area contributed by atoms with Crippen LogP contribution in [-0.4, -0.2) is 50.3 Å². The Bertz CT molecular complexity index is 251. The second kappa shape index (κ2) is 5.94. The molecular formula is C7H9F6NO3. The molecule has 0 saturated carbocycles. The fourth-order valence-corrected chi connectivity index (χ4v) is 0.780. The summed E-state index contributed by atoms with van der Waals surface area (Å²) < 4.78 is 78.6. The van der Waals surface area contributed by atoms with Crippen molar-refractivity contribution in [3.63, 3.8) is 0 Å². The van der Waals surface area contributed by atoms with Crippen LogP contribution in [0.3, 0.4) is 0 Å². The van der Waals surface area contributed by atoms with E-state index in [9.17, 15) is 31.1 Å². The standard InChI is InChI=1S/C7H9F6NO3/c1-16-5(15)14(2-6(8,9)10)4-17-3-7(11,12)13/h2-4H2,1H3. The van der Waals surface area contributed by atoms with Gasteiger partial charge in [0.2, 0.25) is 0 Å². The first-order valence-corrected chi connectivity index (χ1v) is 4.09. The molecule has 0 aromatic rings. The van der Waals surface area contributed by atoms with Crippen LogP contribution in [0.4, 0.5) is 31.1 Å². The van der Waals surface area contributed by atoms with Gasteiger partial charge < -0.3 is 9.47 Å². The van der Waals surface area contributed by atoms with E-state index in [1.807, 2.05) is 0 Å². The molecule has 10 heteroatoms. The van der Waals surface area contributed by atoms with Crippen LogP contribution in [-0.2, 0) is 9.47 Å². The van der Waals surface area contributed by atoms with Crippen molar-refractivity contribution < 1.29 is 40.6 Å². The van der Waals surface area contributed by atoms with Crippen molar-refractivity contribution in [1.82, 2.24) is 4.90 Å². The van der Waals surface area contributed by atoms with Crippen molar-refractivity contribution in [3.05, 3.63) is 0 Å². The second-order valence-electron chi connectivity index (χ2n) is 2.88. The van der Waals surface area contributed by atoms with Crippen LogP contribution in [0.15, 0.2) is 0 Å². The molecule has 0 unspecified atom stereocenters. The highest BCUT2D eigenvalue weighted by Gasteiger charge is 2.34. The van der Waals surface area contributed by atoms with Crippen LogP contribution >= 0.6 is 0 Å². The molecule has 0 bridgehead atoms. The first-order valence-electron chi connectivity index (χ1n) is 4.09. The van der Waals surface area contributed by atoms with Gasteiger partial charge in [-0.05, 0) is 0 Å². The molecule has 0 aliphatic rings. The molecule has 4 nitrogen and oxygen atoms in total. The molecule has 0 aromatic heterocycles. The predicted octanol–water partition coefficient (Wildman–Crippen LogP) is 2.15. The Morgan fingerprint density at radius 1 is 1.12 bits per heavy atom. The maximum absolute atomic E-state index is 11.9. The van der Waals surface area contributed by atoms with E-state index < -0.39 is 38.3 Å². The first kappa shape index (κ1) is 15.8. The van der Waals surface area contributed by atoms with Gasteiger partial charge in [0, 0.05) is 0 Å². The van der Waals surface area contributed by atoms with E-state index in [1.54, 1.807) is 0 Å². The lowest BCUT2D eigenvalue weighted by atomic mass is 10.5. The van der Waals surface area contributed by atoms with E-state index >= 15 is 0 Å². The summed E-state index contributed by atoms with van der Waals surface area (Å²) in [6.45, 7) is -4.67. The fraction of sp³-hybridized carbons (Fsp3) is 0.857. The number of carbonyl (C=O) groups excluding carboxylic acids is 1. The molecule has 0 saturated heterocycles. The van der Waals surface area contributed by atoms with Crippen LogP contribution in [0.25, 0.3) is 0 Å². The zero-order valence-corrected chi connectivity index (χ0v) is 8.56. The molecule has 1 amide bonds.